The summed E-state index contributed by atoms with van der Waals surface area (Å²) in [6.07, 6.45) is 8.01. The Morgan fingerprint density at radius 2 is 1.23 bits per heavy atom. The molecule has 1 aromatic rings. The summed E-state index contributed by atoms with van der Waals surface area (Å²) >= 11 is 0. The van der Waals surface area contributed by atoms with Crippen molar-refractivity contribution in [3.8, 4) is 11.5 Å². The number of ether oxygens (including phenoxy) is 1. The van der Waals surface area contributed by atoms with Crippen LogP contribution in [0.2, 0.25) is 0 Å². The smallest absolute Gasteiger partial charge is 0.123 e. The van der Waals surface area contributed by atoms with Gasteiger partial charge >= 0.3 is 0 Å². The fourth-order valence-corrected chi connectivity index (χ4v) is 4.59. The van der Waals surface area contributed by atoms with Crippen LogP contribution in [0.1, 0.15) is 104 Å². The van der Waals surface area contributed by atoms with Crippen molar-refractivity contribution in [3.63, 3.8) is 0 Å². The Labute approximate surface area is 191 Å². The topological polar surface area (TPSA) is 69.9 Å². The molecule has 2 atom stereocenters. The van der Waals surface area contributed by atoms with Crippen molar-refractivity contribution in [3.05, 3.63) is 23.3 Å². The first kappa shape index (κ1) is 27.8. The number of phenols is 1. The van der Waals surface area contributed by atoms with Crippen LogP contribution in [0.25, 0.3) is 0 Å². The molecule has 0 saturated heterocycles. The van der Waals surface area contributed by atoms with Gasteiger partial charge in [-0.2, -0.15) is 0 Å². The van der Waals surface area contributed by atoms with Crippen LogP contribution >= 0.6 is 0 Å². The quantitative estimate of drug-likeness (QED) is 0.300. The third kappa shape index (κ3) is 8.65. The summed E-state index contributed by atoms with van der Waals surface area (Å²) in [4.78, 5) is 0. The summed E-state index contributed by atoms with van der Waals surface area (Å²) in [5.41, 5.74) is 1.73. The molecule has 0 fully saturated rings. The van der Waals surface area contributed by atoms with E-state index < -0.39 is 0 Å². The van der Waals surface area contributed by atoms with Gasteiger partial charge in [-0.05, 0) is 60.5 Å². The molecule has 0 aliphatic rings. The van der Waals surface area contributed by atoms with E-state index in [9.17, 15) is 5.11 Å². The lowest BCUT2D eigenvalue weighted by atomic mass is 9.75. The Morgan fingerprint density at radius 1 is 0.774 bits per heavy atom. The molecule has 1 aromatic carbocycles. The Bertz CT molecular complexity index is 651. The van der Waals surface area contributed by atoms with Crippen LogP contribution < -0.4 is 4.74 Å². The summed E-state index contributed by atoms with van der Waals surface area (Å²) in [6.45, 7) is 13.7. The first-order valence-corrected chi connectivity index (χ1v) is 12.1. The largest absolute Gasteiger partial charge is 0.508 e. The second-order valence-corrected chi connectivity index (χ2v) is 10.9. The summed E-state index contributed by atoms with van der Waals surface area (Å²) in [5, 5.41) is 29.2. The molecule has 4 nitrogen and oxygen atoms in total. The maximum atomic E-state index is 11.0. The fourth-order valence-electron chi connectivity index (χ4n) is 4.59. The van der Waals surface area contributed by atoms with Crippen LogP contribution in [0.15, 0.2) is 12.1 Å². The van der Waals surface area contributed by atoms with Crippen molar-refractivity contribution in [2.45, 2.75) is 104 Å². The lowest BCUT2D eigenvalue weighted by Gasteiger charge is -2.32. The first-order chi connectivity index (χ1) is 14.5. The molecule has 0 aliphatic heterocycles. The molecule has 0 amide bonds. The number of aliphatic hydroxyl groups is 2. The summed E-state index contributed by atoms with van der Waals surface area (Å²) < 4.78 is 5.79. The minimum Gasteiger partial charge on any atom is -0.508 e. The van der Waals surface area contributed by atoms with E-state index in [2.05, 4.69) is 41.5 Å². The summed E-state index contributed by atoms with van der Waals surface area (Å²) in [5.74, 6) is 2.25. The minimum absolute atomic E-state index is 0.107. The molecular weight excluding hydrogens is 388 g/mol. The van der Waals surface area contributed by atoms with Gasteiger partial charge in [-0.15, -0.1) is 0 Å². The van der Waals surface area contributed by atoms with Gasteiger partial charge in [-0.3, -0.25) is 0 Å². The zero-order chi connectivity index (χ0) is 23.7. The first-order valence-electron chi connectivity index (χ1n) is 12.1. The second kappa shape index (κ2) is 12.7. The standard InChI is InChI=1S/C27H48O4/c1-20(12-16-28)10-8-14-26(3,4)22-19-25(31-7)23(18-24(22)30)27(5,6)15-9-11-21(2)13-17-29/h18-21,28-30H,8-17H2,1-7H3. The molecule has 1 rings (SSSR count). The van der Waals surface area contributed by atoms with E-state index >= 15 is 0 Å². The number of phenolic OH excluding ortho intramolecular Hbond substituents is 1. The molecule has 0 bridgehead atoms. The maximum absolute atomic E-state index is 11.0. The third-order valence-electron chi connectivity index (χ3n) is 7.02. The third-order valence-corrected chi connectivity index (χ3v) is 7.02. The number of methoxy groups -OCH3 is 1. The molecule has 3 N–H and O–H groups in total. The van der Waals surface area contributed by atoms with E-state index in [4.69, 9.17) is 14.9 Å². The number of benzene rings is 1. The van der Waals surface area contributed by atoms with Crippen molar-refractivity contribution in [2.24, 2.45) is 11.8 Å². The van der Waals surface area contributed by atoms with Gasteiger partial charge in [-0.25, -0.2) is 0 Å². The lowest BCUT2D eigenvalue weighted by molar-refractivity contribution is 0.253. The van der Waals surface area contributed by atoms with Crippen molar-refractivity contribution in [1.29, 1.82) is 0 Å². The monoisotopic (exact) mass is 436 g/mol. The van der Waals surface area contributed by atoms with Crippen molar-refractivity contribution in [1.82, 2.24) is 0 Å². The molecule has 0 aliphatic carbocycles. The van der Waals surface area contributed by atoms with Crippen LogP contribution in [-0.2, 0) is 10.8 Å². The van der Waals surface area contributed by atoms with Gasteiger partial charge in [0.25, 0.3) is 0 Å². The highest BCUT2D eigenvalue weighted by atomic mass is 16.5. The number of hydrogen-bond donors (Lipinski definition) is 3. The van der Waals surface area contributed by atoms with Crippen LogP contribution in [0, 0.1) is 11.8 Å². The van der Waals surface area contributed by atoms with Gasteiger partial charge in [0.05, 0.1) is 7.11 Å². The molecule has 0 radical (unpaired) electrons. The molecule has 0 saturated carbocycles. The highest BCUT2D eigenvalue weighted by molar-refractivity contribution is 5.51. The van der Waals surface area contributed by atoms with E-state index in [1.54, 1.807) is 7.11 Å². The van der Waals surface area contributed by atoms with Crippen LogP contribution in [0.4, 0.5) is 0 Å². The predicted molar refractivity (Wildman–Crippen MR) is 130 cm³/mol. The molecule has 180 valence electrons. The number of hydrogen-bond acceptors (Lipinski definition) is 4. The van der Waals surface area contributed by atoms with Crippen molar-refractivity contribution >= 4 is 0 Å². The van der Waals surface area contributed by atoms with E-state index in [1.807, 2.05) is 12.1 Å². The lowest BCUT2D eigenvalue weighted by Crippen LogP contribution is -2.21. The number of aliphatic hydroxyl groups excluding tert-OH is 2. The molecular formula is C27H48O4. The van der Waals surface area contributed by atoms with Gasteiger partial charge in [0, 0.05) is 24.3 Å². The van der Waals surface area contributed by atoms with Crippen molar-refractivity contribution < 1.29 is 20.1 Å². The number of aromatic hydroxyl groups is 1. The van der Waals surface area contributed by atoms with Gasteiger partial charge in [0.1, 0.15) is 11.5 Å². The van der Waals surface area contributed by atoms with Gasteiger partial charge in [0.15, 0.2) is 0 Å². The Kier molecular flexibility index (Phi) is 11.4. The number of rotatable bonds is 15. The van der Waals surface area contributed by atoms with E-state index in [1.165, 1.54) is 0 Å². The summed E-state index contributed by atoms with van der Waals surface area (Å²) in [6, 6.07) is 3.96. The second-order valence-electron chi connectivity index (χ2n) is 10.9. The van der Waals surface area contributed by atoms with Crippen molar-refractivity contribution in [2.75, 3.05) is 20.3 Å². The molecule has 0 heterocycles. The highest BCUT2D eigenvalue weighted by Crippen LogP contribution is 2.44. The van der Waals surface area contributed by atoms with Crippen LogP contribution in [-0.4, -0.2) is 35.6 Å². The maximum Gasteiger partial charge on any atom is 0.123 e. The Balaban J connectivity index is 2.96. The normalized spacial score (nSPS) is 14.5. The Hall–Kier alpha value is -1.26. The molecule has 4 heteroatoms. The Morgan fingerprint density at radius 3 is 1.65 bits per heavy atom. The van der Waals surface area contributed by atoms with Crippen LogP contribution in [0.3, 0.4) is 0 Å². The van der Waals surface area contributed by atoms with Gasteiger partial charge in [-0.1, -0.05) is 67.2 Å². The molecule has 31 heavy (non-hydrogen) atoms. The van der Waals surface area contributed by atoms with Crippen LogP contribution in [0.5, 0.6) is 11.5 Å². The molecule has 0 spiro atoms. The fraction of sp³-hybridized carbons (Fsp3) is 0.778. The van der Waals surface area contributed by atoms with E-state index in [0.717, 1.165) is 68.2 Å². The average molecular weight is 437 g/mol. The minimum atomic E-state index is -0.154. The van der Waals surface area contributed by atoms with Gasteiger partial charge < -0.3 is 20.1 Å². The van der Waals surface area contributed by atoms with Gasteiger partial charge in [0.2, 0.25) is 0 Å². The van der Waals surface area contributed by atoms with E-state index in [-0.39, 0.29) is 24.0 Å². The highest BCUT2D eigenvalue weighted by Gasteiger charge is 2.30. The zero-order valence-electron chi connectivity index (χ0n) is 21.1. The average Bonchev–Trinajstić information content (AvgIpc) is 2.67. The predicted octanol–water partition coefficient (Wildman–Crippen LogP) is 6.33. The summed E-state index contributed by atoms with van der Waals surface area (Å²) in [7, 11) is 1.71. The van der Waals surface area contributed by atoms with E-state index in [0.29, 0.717) is 17.6 Å². The zero-order valence-corrected chi connectivity index (χ0v) is 21.1. The molecule has 2 unspecified atom stereocenters. The SMILES string of the molecule is COc1cc(C(C)(C)CCCC(C)CCO)c(O)cc1C(C)(C)CCCC(C)CCO. The molecule has 0 aromatic heterocycles.